The number of rotatable bonds is 8. The number of nitrogens with one attached hydrogen (secondary N) is 3. The largest absolute Gasteiger partial charge is 0.489 e. The molecule has 0 aliphatic rings. The van der Waals surface area contributed by atoms with Crippen molar-refractivity contribution in [1.82, 2.24) is 5.16 Å². The van der Waals surface area contributed by atoms with E-state index < -0.39 is 6.03 Å². The van der Waals surface area contributed by atoms with Crippen LogP contribution < -0.4 is 20.7 Å². The molecule has 0 aliphatic carbocycles. The maximum absolute atomic E-state index is 12.5. The molecule has 1 heterocycles. The third kappa shape index (κ3) is 7.70. The molecular weight excluding hydrogens is 468 g/mol. The highest BCUT2D eigenvalue weighted by atomic mass is 16.5. The molecular formula is C29H30N4O4. The molecule has 0 saturated carbocycles. The van der Waals surface area contributed by atoms with Crippen molar-refractivity contribution in [1.29, 1.82) is 0 Å². The van der Waals surface area contributed by atoms with E-state index in [1.165, 1.54) is 0 Å². The smallest absolute Gasteiger partial charge is 0.324 e. The molecule has 0 saturated heterocycles. The molecule has 0 aliphatic heterocycles. The lowest BCUT2D eigenvalue weighted by molar-refractivity contribution is -0.115. The summed E-state index contributed by atoms with van der Waals surface area (Å²) in [6.07, 6.45) is 0.232. The minimum Gasteiger partial charge on any atom is -0.489 e. The van der Waals surface area contributed by atoms with Crippen molar-refractivity contribution in [2.24, 2.45) is 0 Å². The van der Waals surface area contributed by atoms with Gasteiger partial charge in [-0.05, 0) is 47.5 Å². The van der Waals surface area contributed by atoms with E-state index >= 15 is 0 Å². The van der Waals surface area contributed by atoms with E-state index in [-0.39, 0.29) is 17.7 Å². The third-order valence-corrected chi connectivity index (χ3v) is 5.45. The molecule has 4 rings (SSSR count). The maximum Gasteiger partial charge on any atom is 0.324 e. The van der Waals surface area contributed by atoms with Gasteiger partial charge >= 0.3 is 6.03 Å². The number of urea groups is 1. The molecule has 0 atom stereocenters. The van der Waals surface area contributed by atoms with Crippen LogP contribution in [0.2, 0.25) is 0 Å². The van der Waals surface area contributed by atoms with Crippen LogP contribution in [-0.2, 0) is 23.2 Å². The number of hydrogen-bond acceptors (Lipinski definition) is 5. The Morgan fingerprint density at radius 3 is 2.08 bits per heavy atom. The second-order valence-corrected chi connectivity index (χ2v) is 9.63. The van der Waals surface area contributed by atoms with Gasteiger partial charge in [-0.1, -0.05) is 68.4 Å². The topological polar surface area (TPSA) is 105 Å². The Kier molecular flexibility index (Phi) is 7.88. The fraction of sp³-hybridized carbons (Fsp3) is 0.207. The number of anilines is 3. The molecule has 3 N–H and O–H groups in total. The standard InChI is InChI=1S/C29H30N4O4/c1-29(2,3)25-18-26(33-37-25)32-28(35)31-23-13-11-22(12-14-23)30-27(34)17-20-9-15-24(16-10-20)36-19-21-7-5-4-6-8-21/h4-16,18H,17,19H2,1-3H3,(H,30,34)(H2,31,32,33,35). The zero-order chi connectivity index (χ0) is 26.3. The van der Waals surface area contributed by atoms with Crippen LogP contribution in [0.25, 0.3) is 0 Å². The summed E-state index contributed by atoms with van der Waals surface area (Å²) in [6.45, 7) is 6.48. The van der Waals surface area contributed by atoms with Gasteiger partial charge < -0.3 is 19.9 Å². The van der Waals surface area contributed by atoms with Crippen molar-refractivity contribution in [3.63, 3.8) is 0 Å². The average molecular weight is 499 g/mol. The second kappa shape index (κ2) is 11.4. The molecule has 8 heteroatoms. The molecule has 37 heavy (non-hydrogen) atoms. The highest BCUT2D eigenvalue weighted by molar-refractivity contribution is 5.99. The van der Waals surface area contributed by atoms with Crippen molar-refractivity contribution in [2.75, 3.05) is 16.0 Å². The Labute approximate surface area is 216 Å². The van der Waals surface area contributed by atoms with Gasteiger partial charge in [0.25, 0.3) is 0 Å². The predicted molar refractivity (Wildman–Crippen MR) is 144 cm³/mol. The van der Waals surface area contributed by atoms with Crippen LogP contribution in [0.4, 0.5) is 22.0 Å². The monoisotopic (exact) mass is 498 g/mol. The molecule has 0 spiro atoms. The maximum atomic E-state index is 12.5. The number of carbonyl (C=O) groups excluding carboxylic acids is 2. The lowest BCUT2D eigenvalue weighted by atomic mass is 9.93. The van der Waals surface area contributed by atoms with Gasteiger partial charge in [0.2, 0.25) is 5.91 Å². The summed E-state index contributed by atoms with van der Waals surface area (Å²) in [4.78, 5) is 24.7. The van der Waals surface area contributed by atoms with Gasteiger partial charge in [-0.15, -0.1) is 0 Å². The van der Waals surface area contributed by atoms with Gasteiger partial charge in [0, 0.05) is 22.9 Å². The zero-order valence-electron chi connectivity index (χ0n) is 21.1. The summed E-state index contributed by atoms with van der Waals surface area (Å²) in [6, 6.07) is 25.5. The summed E-state index contributed by atoms with van der Waals surface area (Å²) in [7, 11) is 0. The first-order valence-corrected chi connectivity index (χ1v) is 12.0. The van der Waals surface area contributed by atoms with Crippen molar-refractivity contribution < 1.29 is 18.8 Å². The lowest BCUT2D eigenvalue weighted by Gasteiger charge is -2.12. The first-order valence-electron chi connectivity index (χ1n) is 12.0. The van der Waals surface area contributed by atoms with Crippen molar-refractivity contribution >= 4 is 29.1 Å². The molecule has 0 unspecified atom stereocenters. The zero-order valence-corrected chi connectivity index (χ0v) is 21.1. The van der Waals surface area contributed by atoms with E-state index in [9.17, 15) is 9.59 Å². The number of benzene rings is 3. The number of aromatic nitrogens is 1. The van der Waals surface area contributed by atoms with Crippen molar-refractivity contribution in [3.05, 3.63) is 102 Å². The van der Waals surface area contributed by atoms with E-state index in [1.54, 1.807) is 30.3 Å². The van der Waals surface area contributed by atoms with Crippen LogP contribution in [0.15, 0.2) is 89.5 Å². The molecule has 0 bridgehead atoms. The van der Waals surface area contributed by atoms with Gasteiger partial charge in [-0.2, -0.15) is 0 Å². The number of hydrogen-bond donors (Lipinski definition) is 3. The quantitative estimate of drug-likeness (QED) is 0.262. The van der Waals surface area contributed by atoms with E-state index in [2.05, 4.69) is 21.1 Å². The third-order valence-electron chi connectivity index (χ3n) is 5.45. The van der Waals surface area contributed by atoms with Crippen LogP contribution in [-0.4, -0.2) is 17.1 Å². The fourth-order valence-electron chi connectivity index (χ4n) is 3.44. The average Bonchev–Trinajstić information content (AvgIpc) is 3.34. The predicted octanol–water partition coefficient (Wildman–Crippen LogP) is 6.38. The summed E-state index contributed by atoms with van der Waals surface area (Å²) in [5.74, 6) is 1.62. The van der Waals surface area contributed by atoms with Crippen LogP contribution in [0.3, 0.4) is 0 Å². The number of amides is 3. The Balaban J connectivity index is 1.22. The van der Waals surface area contributed by atoms with Gasteiger partial charge in [0.05, 0.1) is 6.42 Å². The lowest BCUT2D eigenvalue weighted by Crippen LogP contribution is -2.19. The molecule has 1 aromatic heterocycles. The van der Waals surface area contributed by atoms with Crippen LogP contribution in [0.5, 0.6) is 5.75 Å². The van der Waals surface area contributed by atoms with E-state index in [0.29, 0.717) is 29.6 Å². The molecule has 3 aromatic carbocycles. The number of carbonyl (C=O) groups is 2. The van der Waals surface area contributed by atoms with E-state index in [4.69, 9.17) is 9.26 Å². The highest BCUT2D eigenvalue weighted by Gasteiger charge is 2.20. The van der Waals surface area contributed by atoms with Gasteiger partial charge in [0.1, 0.15) is 18.1 Å². The Bertz CT molecular complexity index is 1330. The summed E-state index contributed by atoms with van der Waals surface area (Å²) in [5, 5.41) is 12.1. The van der Waals surface area contributed by atoms with Crippen LogP contribution >= 0.6 is 0 Å². The van der Waals surface area contributed by atoms with Gasteiger partial charge in [-0.3, -0.25) is 10.1 Å². The van der Waals surface area contributed by atoms with Crippen molar-refractivity contribution in [2.45, 2.75) is 39.2 Å². The minimum absolute atomic E-state index is 0.142. The molecule has 3 amide bonds. The van der Waals surface area contributed by atoms with Crippen LogP contribution in [0.1, 0.15) is 37.7 Å². The molecule has 8 nitrogen and oxygen atoms in total. The van der Waals surface area contributed by atoms with Gasteiger partial charge in [0.15, 0.2) is 5.82 Å². The van der Waals surface area contributed by atoms with Crippen LogP contribution in [0, 0.1) is 0 Å². The Morgan fingerprint density at radius 1 is 0.811 bits per heavy atom. The Morgan fingerprint density at radius 2 is 1.46 bits per heavy atom. The second-order valence-electron chi connectivity index (χ2n) is 9.63. The SMILES string of the molecule is CC(C)(C)c1cc(NC(=O)Nc2ccc(NC(=O)Cc3ccc(OCc4ccccc4)cc3)cc2)no1. The number of nitrogens with zero attached hydrogens (tertiary/aromatic N) is 1. The first-order chi connectivity index (χ1) is 17.7. The number of ether oxygens (including phenoxy) is 1. The molecule has 0 radical (unpaired) electrons. The van der Waals surface area contributed by atoms with Gasteiger partial charge in [-0.25, -0.2) is 4.79 Å². The molecule has 0 fully saturated rings. The Hall–Kier alpha value is -4.59. The minimum atomic E-state index is -0.443. The fourth-order valence-corrected chi connectivity index (χ4v) is 3.44. The van der Waals surface area contributed by atoms with E-state index in [0.717, 1.165) is 16.9 Å². The molecule has 4 aromatic rings. The summed E-state index contributed by atoms with van der Waals surface area (Å²) < 4.78 is 11.1. The summed E-state index contributed by atoms with van der Waals surface area (Å²) >= 11 is 0. The molecule has 190 valence electrons. The summed E-state index contributed by atoms with van der Waals surface area (Å²) in [5.41, 5.74) is 2.97. The van der Waals surface area contributed by atoms with Crippen molar-refractivity contribution in [3.8, 4) is 5.75 Å². The first kappa shape index (κ1) is 25.5. The highest BCUT2D eigenvalue weighted by Crippen LogP contribution is 2.24. The van der Waals surface area contributed by atoms with E-state index in [1.807, 2.05) is 75.4 Å². The normalized spacial score (nSPS) is 11.0.